The molecule has 0 radical (unpaired) electrons. The second kappa shape index (κ2) is 9.83. The van der Waals surface area contributed by atoms with Gasteiger partial charge in [-0.25, -0.2) is 4.99 Å². The Hall–Kier alpha value is -1.02. The minimum absolute atomic E-state index is 0. The van der Waals surface area contributed by atoms with Crippen molar-refractivity contribution in [3.05, 3.63) is 29.8 Å². The second-order valence-corrected chi connectivity index (χ2v) is 5.18. The Bertz CT molecular complexity index is 433. The topological polar surface area (TPSA) is 65.9 Å². The summed E-state index contributed by atoms with van der Waals surface area (Å²) in [5.74, 6) is 1.02. The van der Waals surface area contributed by atoms with E-state index in [-0.39, 0.29) is 35.3 Å². The number of guanidine groups is 1. The summed E-state index contributed by atoms with van der Waals surface area (Å²) in [6.07, 6.45) is 0. The zero-order valence-corrected chi connectivity index (χ0v) is 15.5. The highest BCUT2D eigenvalue weighted by Crippen LogP contribution is 2.10. The third kappa shape index (κ3) is 8.11. The summed E-state index contributed by atoms with van der Waals surface area (Å²) in [6.45, 7) is 8.09. The molecule has 0 heterocycles. The maximum atomic E-state index is 9.24. The van der Waals surface area contributed by atoms with Crippen LogP contribution in [0, 0.1) is 0 Å². The number of hydrogen-bond acceptors (Lipinski definition) is 3. The van der Waals surface area contributed by atoms with Crippen molar-refractivity contribution in [3.8, 4) is 5.75 Å². The molecule has 5 nitrogen and oxygen atoms in total. The first-order valence-corrected chi connectivity index (χ1v) is 6.82. The summed E-state index contributed by atoms with van der Waals surface area (Å²) in [7, 11) is 1.70. The van der Waals surface area contributed by atoms with Crippen molar-refractivity contribution in [1.29, 1.82) is 0 Å². The fourth-order valence-electron chi connectivity index (χ4n) is 1.48. The Morgan fingerprint density at radius 1 is 1.24 bits per heavy atom. The third-order valence-electron chi connectivity index (χ3n) is 2.93. The molecule has 0 bridgehead atoms. The minimum Gasteiger partial charge on any atom is -0.508 e. The molecule has 1 rings (SSSR count). The normalized spacial score (nSPS) is 11.7. The van der Waals surface area contributed by atoms with Crippen LogP contribution in [0.4, 0.5) is 0 Å². The highest BCUT2D eigenvalue weighted by Gasteiger charge is 2.16. The van der Waals surface area contributed by atoms with E-state index < -0.39 is 0 Å². The SMILES string of the molecule is CCNC(=NCc1ccc(O)cc1)NCC(C)(C)OC.I. The monoisotopic (exact) mass is 407 g/mol. The van der Waals surface area contributed by atoms with Crippen molar-refractivity contribution in [1.82, 2.24) is 10.6 Å². The average Bonchev–Trinajstić information content (AvgIpc) is 2.44. The number of aromatic hydroxyl groups is 1. The Morgan fingerprint density at radius 3 is 2.38 bits per heavy atom. The smallest absolute Gasteiger partial charge is 0.191 e. The van der Waals surface area contributed by atoms with Gasteiger partial charge in [-0.3, -0.25) is 0 Å². The molecule has 0 amide bonds. The van der Waals surface area contributed by atoms with Gasteiger partial charge < -0.3 is 20.5 Å². The zero-order chi connectivity index (χ0) is 15.0. The van der Waals surface area contributed by atoms with E-state index in [1.165, 1.54) is 0 Å². The first-order chi connectivity index (χ1) is 9.46. The highest BCUT2D eigenvalue weighted by atomic mass is 127. The molecule has 0 aliphatic carbocycles. The molecule has 0 saturated carbocycles. The standard InChI is InChI=1S/C15H25N3O2.HI/c1-5-16-14(18-11-15(2,3)20-4)17-10-12-6-8-13(19)9-7-12;/h6-9,19H,5,10-11H2,1-4H3,(H2,16,17,18);1H. The van der Waals surface area contributed by atoms with Crippen molar-refractivity contribution < 1.29 is 9.84 Å². The summed E-state index contributed by atoms with van der Waals surface area (Å²) in [6, 6.07) is 7.06. The molecule has 3 N–H and O–H groups in total. The number of aliphatic imine (C=N–C) groups is 1. The fourth-order valence-corrected chi connectivity index (χ4v) is 1.48. The molecule has 0 saturated heterocycles. The Morgan fingerprint density at radius 2 is 1.86 bits per heavy atom. The van der Waals surface area contributed by atoms with E-state index in [0.717, 1.165) is 18.1 Å². The summed E-state index contributed by atoms with van der Waals surface area (Å²) >= 11 is 0. The average molecular weight is 407 g/mol. The Balaban J connectivity index is 0.00000400. The van der Waals surface area contributed by atoms with Gasteiger partial charge in [0, 0.05) is 20.2 Å². The maximum absolute atomic E-state index is 9.24. The molecule has 0 fully saturated rings. The minimum atomic E-state index is -0.241. The van der Waals surface area contributed by atoms with E-state index in [4.69, 9.17) is 4.74 Å². The highest BCUT2D eigenvalue weighted by molar-refractivity contribution is 14.0. The van der Waals surface area contributed by atoms with Gasteiger partial charge in [-0.2, -0.15) is 0 Å². The lowest BCUT2D eigenvalue weighted by Gasteiger charge is -2.24. The quantitative estimate of drug-likeness (QED) is 0.385. The molecule has 0 aliphatic heterocycles. The van der Waals surface area contributed by atoms with E-state index in [1.54, 1.807) is 19.2 Å². The molecule has 6 heteroatoms. The van der Waals surface area contributed by atoms with Crippen LogP contribution in [0.5, 0.6) is 5.75 Å². The number of halogens is 1. The van der Waals surface area contributed by atoms with Crippen molar-refractivity contribution in [2.24, 2.45) is 4.99 Å². The summed E-state index contributed by atoms with van der Waals surface area (Å²) in [5, 5.41) is 15.7. The van der Waals surface area contributed by atoms with Gasteiger partial charge in [0.15, 0.2) is 5.96 Å². The number of hydrogen-bond donors (Lipinski definition) is 3. The molecular weight excluding hydrogens is 381 g/mol. The molecule has 0 spiro atoms. The summed E-state index contributed by atoms with van der Waals surface area (Å²) in [5.41, 5.74) is 0.806. The number of benzene rings is 1. The van der Waals surface area contributed by atoms with Crippen LogP contribution in [-0.4, -0.2) is 36.9 Å². The van der Waals surface area contributed by atoms with Gasteiger partial charge in [-0.05, 0) is 38.5 Å². The van der Waals surface area contributed by atoms with E-state index in [2.05, 4.69) is 15.6 Å². The molecule has 21 heavy (non-hydrogen) atoms. The number of nitrogens with one attached hydrogen (secondary N) is 2. The van der Waals surface area contributed by atoms with Crippen LogP contribution in [0.3, 0.4) is 0 Å². The van der Waals surface area contributed by atoms with Crippen molar-refractivity contribution >= 4 is 29.9 Å². The second-order valence-electron chi connectivity index (χ2n) is 5.18. The predicted octanol–water partition coefficient (Wildman–Crippen LogP) is 2.49. The van der Waals surface area contributed by atoms with Crippen LogP contribution >= 0.6 is 24.0 Å². The van der Waals surface area contributed by atoms with Gasteiger partial charge in [0.2, 0.25) is 0 Å². The van der Waals surface area contributed by atoms with Crippen LogP contribution in [0.2, 0.25) is 0 Å². The Kier molecular flexibility index (Phi) is 9.36. The lowest BCUT2D eigenvalue weighted by Crippen LogP contribution is -2.45. The van der Waals surface area contributed by atoms with Gasteiger partial charge in [-0.1, -0.05) is 12.1 Å². The van der Waals surface area contributed by atoms with Crippen LogP contribution < -0.4 is 10.6 Å². The van der Waals surface area contributed by atoms with Crippen LogP contribution in [-0.2, 0) is 11.3 Å². The number of methoxy groups -OCH3 is 1. The maximum Gasteiger partial charge on any atom is 0.191 e. The van der Waals surface area contributed by atoms with Crippen LogP contribution in [0.15, 0.2) is 29.3 Å². The fraction of sp³-hybridized carbons (Fsp3) is 0.533. The summed E-state index contributed by atoms with van der Waals surface area (Å²) < 4.78 is 5.37. The molecule has 120 valence electrons. The van der Waals surface area contributed by atoms with Gasteiger partial charge in [-0.15, -0.1) is 24.0 Å². The lowest BCUT2D eigenvalue weighted by atomic mass is 10.1. The van der Waals surface area contributed by atoms with Crippen molar-refractivity contribution in [3.63, 3.8) is 0 Å². The van der Waals surface area contributed by atoms with E-state index in [9.17, 15) is 5.11 Å². The predicted molar refractivity (Wildman–Crippen MR) is 97.4 cm³/mol. The number of phenolic OH excluding ortho intramolecular Hbond substituents is 1. The largest absolute Gasteiger partial charge is 0.508 e. The van der Waals surface area contributed by atoms with Crippen molar-refractivity contribution in [2.45, 2.75) is 32.9 Å². The number of rotatable bonds is 6. The van der Waals surface area contributed by atoms with Gasteiger partial charge in [0.05, 0.1) is 12.1 Å². The van der Waals surface area contributed by atoms with Gasteiger partial charge in [0.25, 0.3) is 0 Å². The van der Waals surface area contributed by atoms with Crippen molar-refractivity contribution in [2.75, 3.05) is 20.2 Å². The number of nitrogens with zero attached hydrogens (tertiary/aromatic N) is 1. The first kappa shape index (κ1) is 20.0. The molecule has 0 unspecified atom stereocenters. The molecular formula is C15H26IN3O2. The van der Waals surface area contributed by atoms with Gasteiger partial charge in [0.1, 0.15) is 5.75 Å². The molecule has 1 aromatic rings. The molecule has 0 aliphatic rings. The van der Waals surface area contributed by atoms with Crippen LogP contribution in [0.25, 0.3) is 0 Å². The number of ether oxygens (including phenoxy) is 1. The van der Waals surface area contributed by atoms with Gasteiger partial charge >= 0.3 is 0 Å². The van der Waals surface area contributed by atoms with E-state index in [0.29, 0.717) is 13.1 Å². The Labute approximate surface area is 144 Å². The molecule has 0 atom stereocenters. The third-order valence-corrected chi connectivity index (χ3v) is 2.93. The summed E-state index contributed by atoms with van der Waals surface area (Å²) in [4.78, 5) is 4.51. The van der Waals surface area contributed by atoms with Crippen LogP contribution in [0.1, 0.15) is 26.3 Å². The zero-order valence-electron chi connectivity index (χ0n) is 13.1. The lowest BCUT2D eigenvalue weighted by molar-refractivity contribution is 0.0268. The first-order valence-electron chi connectivity index (χ1n) is 6.82. The van der Waals surface area contributed by atoms with E-state index >= 15 is 0 Å². The van der Waals surface area contributed by atoms with E-state index in [1.807, 2.05) is 32.9 Å². The molecule has 0 aromatic heterocycles. The number of phenols is 1. The molecule has 1 aromatic carbocycles.